The first-order valence-electron chi connectivity index (χ1n) is 7.85. The lowest BCUT2D eigenvalue weighted by atomic mass is 10.1. The highest BCUT2D eigenvalue weighted by Gasteiger charge is 2.27. The van der Waals surface area contributed by atoms with Crippen LogP contribution in [0, 0.1) is 5.82 Å². The Morgan fingerprint density at radius 1 is 1.18 bits per heavy atom. The predicted octanol–water partition coefficient (Wildman–Crippen LogP) is 2.87. The van der Waals surface area contributed by atoms with Gasteiger partial charge in [-0.1, -0.05) is 32.9 Å². The summed E-state index contributed by atoms with van der Waals surface area (Å²) in [5.41, 5.74) is 0.810. The maximum absolute atomic E-state index is 13.0. The normalized spacial score (nSPS) is 11.8. The van der Waals surface area contributed by atoms with Gasteiger partial charge in [0.05, 0.1) is 0 Å². The van der Waals surface area contributed by atoms with Crippen molar-refractivity contribution < 1.29 is 14.0 Å². The van der Waals surface area contributed by atoms with Crippen molar-refractivity contribution in [3.05, 3.63) is 35.6 Å². The van der Waals surface area contributed by atoms with Gasteiger partial charge >= 0.3 is 0 Å². The summed E-state index contributed by atoms with van der Waals surface area (Å²) in [7, 11) is 0. The maximum atomic E-state index is 13.0. The van der Waals surface area contributed by atoms with Crippen LogP contribution in [0.25, 0.3) is 0 Å². The van der Waals surface area contributed by atoms with Crippen LogP contribution < -0.4 is 5.32 Å². The van der Waals surface area contributed by atoms with E-state index in [2.05, 4.69) is 5.32 Å². The van der Waals surface area contributed by atoms with E-state index in [-0.39, 0.29) is 17.6 Å². The van der Waals surface area contributed by atoms with E-state index in [1.807, 2.05) is 13.8 Å². The standard InChI is InChI=1S/C17H25FN2O2/c1-4-11-19-17(22)15(5-2)20(16(21)6-3)12-13-7-9-14(18)10-8-13/h7-10,15H,4-6,11-12H2,1-3H3,(H,19,22). The number of nitrogens with one attached hydrogen (secondary N) is 1. The van der Waals surface area contributed by atoms with Crippen LogP contribution in [-0.2, 0) is 16.1 Å². The number of rotatable bonds is 8. The Morgan fingerprint density at radius 2 is 1.82 bits per heavy atom. The van der Waals surface area contributed by atoms with E-state index in [0.29, 0.717) is 25.9 Å². The number of nitrogens with zero attached hydrogens (tertiary/aromatic N) is 1. The topological polar surface area (TPSA) is 49.4 Å². The first kappa shape index (κ1) is 18.1. The molecule has 0 saturated carbocycles. The van der Waals surface area contributed by atoms with Crippen molar-refractivity contribution in [3.8, 4) is 0 Å². The fourth-order valence-electron chi connectivity index (χ4n) is 2.28. The summed E-state index contributed by atoms with van der Waals surface area (Å²) < 4.78 is 13.0. The molecule has 22 heavy (non-hydrogen) atoms. The van der Waals surface area contributed by atoms with Crippen molar-refractivity contribution in [1.29, 1.82) is 0 Å². The van der Waals surface area contributed by atoms with Crippen LogP contribution in [0.2, 0.25) is 0 Å². The molecule has 0 bridgehead atoms. The zero-order chi connectivity index (χ0) is 16.5. The molecule has 0 heterocycles. The maximum Gasteiger partial charge on any atom is 0.242 e. The van der Waals surface area contributed by atoms with Gasteiger partial charge in [0.1, 0.15) is 11.9 Å². The average molecular weight is 308 g/mol. The Bertz CT molecular complexity index is 488. The molecule has 5 heteroatoms. The SMILES string of the molecule is CCCNC(=O)C(CC)N(Cc1ccc(F)cc1)C(=O)CC. The molecule has 0 radical (unpaired) electrons. The van der Waals surface area contributed by atoms with Gasteiger partial charge in [-0.15, -0.1) is 0 Å². The molecule has 0 saturated heterocycles. The summed E-state index contributed by atoms with van der Waals surface area (Å²) in [6.07, 6.45) is 1.73. The van der Waals surface area contributed by atoms with Crippen LogP contribution in [0.5, 0.6) is 0 Å². The van der Waals surface area contributed by atoms with Crippen molar-refractivity contribution >= 4 is 11.8 Å². The summed E-state index contributed by atoms with van der Waals surface area (Å²) >= 11 is 0. The quantitative estimate of drug-likeness (QED) is 0.803. The number of amides is 2. The van der Waals surface area contributed by atoms with Gasteiger partial charge < -0.3 is 10.2 Å². The fourth-order valence-corrected chi connectivity index (χ4v) is 2.28. The third-order valence-electron chi connectivity index (χ3n) is 3.50. The Labute approximate surface area is 131 Å². The molecule has 1 rings (SSSR count). The number of benzene rings is 1. The predicted molar refractivity (Wildman–Crippen MR) is 84.6 cm³/mol. The van der Waals surface area contributed by atoms with Crippen molar-refractivity contribution in [2.45, 2.75) is 52.6 Å². The van der Waals surface area contributed by atoms with E-state index in [4.69, 9.17) is 0 Å². The lowest BCUT2D eigenvalue weighted by Gasteiger charge is -2.30. The van der Waals surface area contributed by atoms with E-state index in [1.165, 1.54) is 12.1 Å². The lowest BCUT2D eigenvalue weighted by molar-refractivity contribution is -0.141. The van der Waals surface area contributed by atoms with Crippen LogP contribution >= 0.6 is 0 Å². The molecule has 1 aromatic carbocycles. The zero-order valence-electron chi connectivity index (χ0n) is 13.6. The molecule has 1 N–H and O–H groups in total. The highest BCUT2D eigenvalue weighted by molar-refractivity contribution is 5.87. The summed E-state index contributed by atoms with van der Waals surface area (Å²) in [5.74, 6) is -0.527. The summed E-state index contributed by atoms with van der Waals surface area (Å²) in [4.78, 5) is 26.1. The number of halogens is 1. The van der Waals surface area contributed by atoms with E-state index >= 15 is 0 Å². The highest BCUT2D eigenvalue weighted by atomic mass is 19.1. The molecule has 2 amide bonds. The fraction of sp³-hybridized carbons (Fsp3) is 0.529. The van der Waals surface area contributed by atoms with E-state index in [1.54, 1.807) is 24.0 Å². The van der Waals surface area contributed by atoms with Gasteiger partial charge in [-0.25, -0.2) is 4.39 Å². The highest BCUT2D eigenvalue weighted by Crippen LogP contribution is 2.14. The number of carbonyl (C=O) groups excluding carboxylic acids is 2. The first-order valence-corrected chi connectivity index (χ1v) is 7.85. The van der Waals surface area contributed by atoms with Crippen molar-refractivity contribution in [1.82, 2.24) is 10.2 Å². The van der Waals surface area contributed by atoms with Gasteiger partial charge in [0.25, 0.3) is 0 Å². The first-order chi connectivity index (χ1) is 10.5. The van der Waals surface area contributed by atoms with Gasteiger partial charge in [-0.3, -0.25) is 9.59 Å². The number of hydrogen-bond donors (Lipinski definition) is 1. The summed E-state index contributed by atoms with van der Waals surface area (Å²) in [6, 6.07) is 5.51. The second-order valence-electron chi connectivity index (χ2n) is 5.22. The molecule has 0 aliphatic heterocycles. The van der Waals surface area contributed by atoms with E-state index in [0.717, 1.165) is 12.0 Å². The smallest absolute Gasteiger partial charge is 0.242 e. The molecule has 0 aliphatic rings. The minimum Gasteiger partial charge on any atom is -0.354 e. The third-order valence-corrected chi connectivity index (χ3v) is 3.50. The Morgan fingerprint density at radius 3 is 2.32 bits per heavy atom. The van der Waals surface area contributed by atoms with Gasteiger partial charge in [-0.05, 0) is 30.5 Å². The molecule has 0 fully saturated rings. The van der Waals surface area contributed by atoms with Gasteiger partial charge in [0, 0.05) is 19.5 Å². The monoisotopic (exact) mass is 308 g/mol. The zero-order valence-corrected chi connectivity index (χ0v) is 13.6. The molecule has 1 aromatic rings. The molecule has 0 spiro atoms. The molecular weight excluding hydrogens is 283 g/mol. The van der Waals surface area contributed by atoms with Crippen LogP contribution in [0.15, 0.2) is 24.3 Å². The Kier molecular flexibility index (Phi) is 7.57. The van der Waals surface area contributed by atoms with Gasteiger partial charge in [0.15, 0.2) is 0 Å². The molecular formula is C17H25FN2O2. The van der Waals surface area contributed by atoms with Crippen LogP contribution in [0.4, 0.5) is 4.39 Å². The molecule has 1 atom stereocenters. The molecule has 0 aliphatic carbocycles. The third kappa shape index (κ3) is 5.13. The average Bonchev–Trinajstić information content (AvgIpc) is 2.53. The minimum absolute atomic E-state index is 0.0807. The minimum atomic E-state index is -0.496. The van der Waals surface area contributed by atoms with Crippen LogP contribution in [0.3, 0.4) is 0 Å². The van der Waals surface area contributed by atoms with E-state index < -0.39 is 6.04 Å². The number of hydrogen-bond acceptors (Lipinski definition) is 2. The molecule has 0 aromatic heterocycles. The second kappa shape index (κ2) is 9.18. The summed E-state index contributed by atoms with van der Waals surface area (Å²) in [5, 5.41) is 2.84. The summed E-state index contributed by atoms with van der Waals surface area (Å²) in [6.45, 7) is 6.55. The molecule has 4 nitrogen and oxygen atoms in total. The van der Waals surface area contributed by atoms with Crippen molar-refractivity contribution in [3.63, 3.8) is 0 Å². The Hall–Kier alpha value is -1.91. The largest absolute Gasteiger partial charge is 0.354 e. The van der Waals surface area contributed by atoms with Crippen molar-refractivity contribution in [2.75, 3.05) is 6.54 Å². The molecule has 122 valence electrons. The van der Waals surface area contributed by atoms with Crippen molar-refractivity contribution in [2.24, 2.45) is 0 Å². The second-order valence-corrected chi connectivity index (χ2v) is 5.22. The van der Waals surface area contributed by atoms with Crippen LogP contribution in [0.1, 0.15) is 45.6 Å². The molecule has 1 unspecified atom stereocenters. The van der Waals surface area contributed by atoms with E-state index in [9.17, 15) is 14.0 Å². The Balaban J connectivity index is 2.92. The lowest BCUT2D eigenvalue weighted by Crippen LogP contribution is -2.49. The number of carbonyl (C=O) groups is 2. The van der Waals surface area contributed by atoms with Gasteiger partial charge in [-0.2, -0.15) is 0 Å². The van der Waals surface area contributed by atoms with Crippen LogP contribution in [-0.4, -0.2) is 29.3 Å². The van der Waals surface area contributed by atoms with Gasteiger partial charge in [0.2, 0.25) is 11.8 Å².